The Kier molecular flexibility index (Phi) is 5.11. The minimum atomic E-state index is 0.406. The van der Waals surface area contributed by atoms with Crippen molar-refractivity contribution < 1.29 is 4.74 Å². The number of hydrazine groups is 1. The van der Waals surface area contributed by atoms with E-state index in [2.05, 4.69) is 40.6 Å². The molecule has 1 unspecified atom stereocenters. The van der Waals surface area contributed by atoms with Crippen LogP contribution in [0.25, 0.3) is 10.2 Å². The molecule has 0 radical (unpaired) electrons. The van der Waals surface area contributed by atoms with Gasteiger partial charge in [-0.05, 0) is 18.4 Å². The largest absolute Gasteiger partial charge is 0.384 e. The summed E-state index contributed by atoms with van der Waals surface area (Å²) in [6.07, 6.45) is 0.992. The van der Waals surface area contributed by atoms with Crippen LogP contribution in [0.15, 0.2) is 6.07 Å². The number of fused-ring (bicyclic) bond motifs is 1. The Hall–Kier alpha value is -1.44. The van der Waals surface area contributed by atoms with Crippen molar-refractivity contribution in [2.45, 2.75) is 20.3 Å². The van der Waals surface area contributed by atoms with Gasteiger partial charge in [0, 0.05) is 18.5 Å². The van der Waals surface area contributed by atoms with Crippen LogP contribution < -0.4 is 16.6 Å². The molecule has 110 valence electrons. The van der Waals surface area contributed by atoms with Gasteiger partial charge in [0.25, 0.3) is 0 Å². The van der Waals surface area contributed by atoms with Crippen LogP contribution in [-0.2, 0) is 11.2 Å². The van der Waals surface area contributed by atoms with Crippen molar-refractivity contribution in [2.24, 2.45) is 11.8 Å². The maximum atomic E-state index is 5.43. The zero-order valence-electron chi connectivity index (χ0n) is 12.1. The van der Waals surface area contributed by atoms with Crippen molar-refractivity contribution in [1.82, 2.24) is 9.97 Å². The molecule has 0 aliphatic rings. The molecule has 0 spiro atoms. The summed E-state index contributed by atoms with van der Waals surface area (Å²) in [5.74, 6) is 7.10. The van der Waals surface area contributed by atoms with E-state index in [1.807, 2.05) is 0 Å². The van der Waals surface area contributed by atoms with E-state index in [1.54, 1.807) is 18.4 Å². The normalized spacial score (nSPS) is 12.6. The molecule has 1 atom stereocenters. The molecule has 2 rings (SSSR count). The Morgan fingerprint density at radius 1 is 1.45 bits per heavy atom. The molecule has 6 nitrogen and oxygen atoms in total. The number of methoxy groups -OCH3 is 1. The average Bonchev–Trinajstić information content (AvgIpc) is 2.87. The molecule has 0 saturated carbocycles. The Bertz CT molecular complexity index is 571. The number of aromatic nitrogens is 2. The zero-order valence-corrected chi connectivity index (χ0v) is 12.9. The highest BCUT2D eigenvalue weighted by molar-refractivity contribution is 7.18. The van der Waals surface area contributed by atoms with Crippen molar-refractivity contribution in [2.75, 3.05) is 31.0 Å². The highest BCUT2D eigenvalue weighted by Crippen LogP contribution is 2.30. The molecule has 0 aromatic carbocycles. The number of thiophene rings is 1. The Morgan fingerprint density at radius 3 is 2.90 bits per heavy atom. The highest BCUT2D eigenvalue weighted by Gasteiger charge is 2.11. The lowest BCUT2D eigenvalue weighted by Gasteiger charge is -2.13. The summed E-state index contributed by atoms with van der Waals surface area (Å²) in [6, 6.07) is 2.14. The molecule has 0 fully saturated rings. The molecule has 7 heteroatoms. The monoisotopic (exact) mass is 295 g/mol. The maximum Gasteiger partial charge on any atom is 0.240 e. The first kappa shape index (κ1) is 15.0. The van der Waals surface area contributed by atoms with Crippen LogP contribution >= 0.6 is 11.3 Å². The van der Waals surface area contributed by atoms with Crippen molar-refractivity contribution in [3.63, 3.8) is 0 Å². The van der Waals surface area contributed by atoms with E-state index in [9.17, 15) is 0 Å². The highest BCUT2D eigenvalue weighted by atomic mass is 32.1. The van der Waals surface area contributed by atoms with Gasteiger partial charge >= 0.3 is 0 Å². The zero-order chi connectivity index (χ0) is 14.5. The first-order chi connectivity index (χ1) is 9.67. The molecular formula is C13H21N5OS. The molecule has 4 N–H and O–H groups in total. The van der Waals surface area contributed by atoms with Gasteiger partial charge < -0.3 is 10.1 Å². The minimum Gasteiger partial charge on any atom is -0.384 e. The summed E-state index contributed by atoms with van der Waals surface area (Å²) >= 11 is 1.67. The summed E-state index contributed by atoms with van der Waals surface area (Å²) in [5.41, 5.74) is 2.52. The van der Waals surface area contributed by atoms with Gasteiger partial charge in [-0.1, -0.05) is 13.8 Å². The Balaban J connectivity index is 2.27. The Morgan fingerprint density at radius 2 is 2.25 bits per heavy atom. The molecule has 0 amide bonds. The standard InChI is InChI=1S/C13H21N5OS/c1-4-9-5-10-11(15-6-8(2)7-19-3)16-13(18-14)17-12(10)20-9/h5,8H,4,6-7,14H2,1-3H3,(H2,15,16,17,18). The predicted octanol–water partition coefficient (Wildman–Crippen LogP) is 2.23. The minimum absolute atomic E-state index is 0.406. The van der Waals surface area contributed by atoms with E-state index >= 15 is 0 Å². The molecule has 20 heavy (non-hydrogen) atoms. The van der Waals surface area contributed by atoms with E-state index < -0.39 is 0 Å². The fraction of sp³-hybridized carbons (Fsp3) is 0.538. The summed E-state index contributed by atoms with van der Waals surface area (Å²) in [7, 11) is 1.71. The fourth-order valence-corrected chi connectivity index (χ4v) is 2.93. The maximum absolute atomic E-state index is 5.43. The smallest absolute Gasteiger partial charge is 0.240 e. The number of nitrogens with zero attached hydrogens (tertiary/aromatic N) is 2. The van der Waals surface area contributed by atoms with Crippen LogP contribution in [0.4, 0.5) is 11.8 Å². The summed E-state index contributed by atoms with van der Waals surface area (Å²) < 4.78 is 5.14. The van der Waals surface area contributed by atoms with Crippen LogP contribution in [0, 0.1) is 5.92 Å². The van der Waals surface area contributed by atoms with Gasteiger partial charge in [0.05, 0.1) is 12.0 Å². The van der Waals surface area contributed by atoms with Crippen LogP contribution in [0.1, 0.15) is 18.7 Å². The third kappa shape index (κ3) is 3.36. The van der Waals surface area contributed by atoms with Gasteiger partial charge in [0.15, 0.2) is 0 Å². The fourth-order valence-electron chi connectivity index (χ4n) is 1.96. The third-order valence-electron chi connectivity index (χ3n) is 2.99. The number of hydrogen-bond donors (Lipinski definition) is 3. The summed E-state index contributed by atoms with van der Waals surface area (Å²) in [4.78, 5) is 11.0. The number of rotatable bonds is 7. The molecule has 2 aromatic rings. The molecule has 0 saturated heterocycles. The van der Waals surface area contributed by atoms with Gasteiger partial charge in [0.1, 0.15) is 10.6 Å². The van der Waals surface area contributed by atoms with Gasteiger partial charge in [0.2, 0.25) is 5.95 Å². The SMILES string of the molecule is CCc1cc2c(NCC(C)COC)nc(NN)nc2s1. The lowest BCUT2D eigenvalue weighted by atomic mass is 10.2. The van der Waals surface area contributed by atoms with E-state index in [1.165, 1.54) is 4.88 Å². The number of hydrogen-bond acceptors (Lipinski definition) is 7. The first-order valence-corrected chi connectivity index (χ1v) is 7.49. The molecule has 2 heterocycles. The Labute approximate surface area is 122 Å². The van der Waals surface area contributed by atoms with Crippen LogP contribution in [0.2, 0.25) is 0 Å². The topological polar surface area (TPSA) is 85.1 Å². The second-order valence-corrected chi connectivity index (χ2v) is 5.88. The van der Waals surface area contributed by atoms with Crippen molar-refractivity contribution in [3.8, 4) is 0 Å². The van der Waals surface area contributed by atoms with Gasteiger partial charge in [-0.3, -0.25) is 5.43 Å². The van der Waals surface area contributed by atoms with Gasteiger partial charge in [-0.2, -0.15) is 4.98 Å². The first-order valence-electron chi connectivity index (χ1n) is 6.67. The average molecular weight is 295 g/mol. The van der Waals surface area contributed by atoms with E-state index in [4.69, 9.17) is 10.6 Å². The number of anilines is 2. The molecule has 0 bridgehead atoms. The van der Waals surface area contributed by atoms with Gasteiger partial charge in [-0.15, -0.1) is 11.3 Å². The summed E-state index contributed by atoms with van der Waals surface area (Å²) in [5, 5.41) is 4.42. The van der Waals surface area contributed by atoms with Gasteiger partial charge in [-0.25, -0.2) is 10.8 Å². The molecule has 2 aromatic heterocycles. The second kappa shape index (κ2) is 6.83. The predicted molar refractivity (Wildman–Crippen MR) is 84.1 cm³/mol. The second-order valence-electron chi connectivity index (χ2n) is 4.77. The van der Waals surface area contributed by atoms with Crippen molar-refractivity contribution in [3.05, 3.63) is 10.9 Å². The number of aryl methyl sites for hydroxylation is 1. The van der Waals surface area contributed by atoms with E-state index in [-0.39, 0.29) is 0 Å². The van der Waals surface area contributed by atoms with E-state index in [0.717, 1.165) is 29.0 Å². The summed E-state index contributed by atoms with van der Waals surface area (Å²) in [6.45, 7) is 5.77. The van der Waals surface area contributed by atoms with Crippen LogP contribution in [0.5, 0.6) is 0 Å². The number of nitrogens with one attached hydrogen (secondary N) is 2. The number of ether oxygens (including phenoxy) is 1. The van der Waals surface area contributed by atoms with E-state index in [0.29, 0.717) is 18.5 Å². The quantitative estimate of drug-likeness (QED) is 0.536. The molecule has 0 aliphatic carbocycles. The lowest BCUT2D eigenvalue weighted by Crippen LogP contribution is -2.17. The number of nitrogen functional groups attached to an aromatic ring is 1. The third-order valence-corrected chi connectivity index (χ3v) is 4.16. The molecular weight excluding hydrogens is 274 g/mol. The van der Waals surface area contributed by atoms with Crippen molar-refractivity contribution in [1.29, 1.82) is 0 Å². The van der Waals surface area contributed by atoms with Crippen LogP contribution in [-0.4, -0.2) is 30.2 Å². The lowest BCUT2D eigenvalue weighted by molar-refractivity contribution is 0.164. The number of nitrogens with two attached hydrogens (primary N) is 1. The molecule has 0 aliphatic heterocycles. The van der Waals surface area contributed by atoms with Crippen molar-refractivity contribution >= 4 is 33.3 Å². The van der Waals surface area contributed by atoms with Crippen LogP contribution in [0.3, 0.4) is 0 Å².